The van der Waals surface area contributed by atoms with E-state index < -0.39 is 0 Å². The Kier molecular flexibility index (Phi) is 3.64. The number of nitrogens with one attached hydrogen (secondary N) is 1. The van der Waals surface area contributed by atoms with Gasteiger partial charge in [0, 0.05) is 35.8 Å². The third kappa shape index (κ3) is 2.58. The Morgan fingerprint density at radius 3 is 2.76 bits per heavy atom. The smallest absolute Gasteiger partial charge is 0.0540 e. The van der Waals surface area contributed by atoms with E-state index in [-0.39, 0.29) is 0 Å². The quantitative estimate of drug-likeness (QED) is 0.903. The molecule has 2 aromatic rings. The van der Waals surface area contributed by atoms with E-state index in [1.54, 1.807) is 0 Å². The molecule has 0 aliphatic carbocycles. The molecule has 0 saturated heterocycles. The summed E-state index contributed by atoms with van der Waals surface area (Å²) in [7, 11) is 1.98. The van der Waals surface area contributed by atoms with Gasteiger partial charge in [0.25, 0.3) is 0 Å². The van der Waals surface area contributed by atoms with Crippen molar-refractivity contribution in [2.45, 2.75) is 33.4 Å². The molecular formula is C13H19N3S. The van der Waals surface area contributed by atoms with Crippen molar-refractivity contribution in [2.75, 3.05) is 0 Å². The van der Waals surface area contributed by atoms with Crippen LogP contribution in [0.15, 0.2) is 17.6 Å². The van der Waals surface area contributed by atoms with Crippen LogP contribution < -0.4 is 5.32 Å². The minimum atomic E-state index is 0.338. The van der Waals surface area contributed by atoms with Gasteiger partial charge in [0.05, 0.1) is 6.20 Å². The summed E-state index contributed by atoms with van der Waals surface area (Å²) in [6.07, 6.45) is 1.95. The summed E-state index contributed by atoms with van der Waals surface area (Å²) in [5, 5.41) is 9.98. The summed E-state index contributed by atoms with van der Waals surface area (Å²) in [6, 6.07) is 2.51. The number of thiophene rings is 1. The number of hydrogen-bond acceptors (Lipinski definition) is 3. The number of hydrogen-bond donors (Lipinski definition) is 1. The Labute approximate surface area is 106 Å². The average Bonchev–Trinajstić information content (AvgIpc) is 2.84. The third-order valence-corrected chi connectivity index (χ3v) is 4.30. The topological polar surface area (TPSA) is 29.9 Å². The first kappa shape index (κ1) is 12.3. The monoisotopic (exact) mass is 249 g/mol. The van der Waals surface area contributed by atoms with Crippen molar-refractivity contribution >= 4 is 11.3 Å². The van der Waals surface area contributed by atoms with Crippen LogP contribution in [-0.4, -0.2) is 9.78 Å². The molecule has 0 bridgehead atoms. The predicted molar refractivity (Wildman–Crippen MR) is 72.3 cm³/mol. The van der Waals surface area contributed by atoms with Crippen LogP contribution in [0.3, 0.4) is 0 Å². The Morgan fingerprint density at radius 1 is 1.47 bits per heavy atom. The van der Waals surface area contributed by atoms with Gasteiger partial charge in [-0.05, 0) is 37.8 Å². The summed E-state index contributed by atoms with van der Waals surface area (Å²) >= 11 is 1.81. The lowest BCUT2D eigenvalue weighted by molar-refractivity contribution is 0.573. The first-order valence-electron chi connectivity index (χ1n) is 5.84. The van der Waals surface area contributed by atoms with Crippen LogP contribution in [-0.2, 0) is 13.6 Å². The van der Waals surface area contributed by atoms with Crippen LogP contribution in [0.1, 0.15) is 34.7 Å². The molecule has 92 valence electrons. The van der Waals surface area contributed by atoms with E-state index in [0.29, 0.717) is 6.04 Å². The largest absolute Gasteiger partial charge is 0.305 e. The number of rotatable bonds is 4. The van der Waals surface area contributed by atoms with Crippen molar-refractivity contribution in [1.29, 1.82) is 0 Å². The van der Waals surface area contributed by atoms with Gasteiger partial charge >= 0.3 is 0 Å². The third-order valence-electron chi connectivity index (χ3n) is 3.28. The second kappa shape index (κ2) is 5.02. The minimum absolute atomic E-state index is 0.338. The Hall–Kier alpha value is -1.13. The van der Waals surface area contributed by atoms with E-state index in [9.17, 15) is 0 Å². The highest BCUT2D eigenvalue weighted by Crippen LogP contribution is 2.19. The molecule has 4 heteroatoms. The van der Waals surface area contributed by atoms with Crippen molar-refractivity contribution in [2.24, 2.45) is 7.05 Å². The molecule has 0 spiro atoms. The van der Waals surface area contributed by atoms with Gasteiger partial charge in [-0.1, -0.05) is 0 Å². The fourth-order valence-electron chi connectivity index (χ4n) is 1.88. The van der Waals surface area contributed by atoms with Crippen LogP contribution >= 0.6 is 11.3 Å². The van der Waals surface area contributed by atoms with Crippen LogP contribution in [0.25, 0.3) is 0 Å². The molecule has 0 fully saturated rings. The van der Waals surface area contributed by atoms with E-state index in [4.69, 9.17) is 0 Å². The molecule has 0 aliphatic rings. The molecule has 0 aliphatic heterocycles. The first-order valence-corrected chi connectivity index (χ1v) is 6.72. The van der Waals surface area contributed by atoms with Gasteiger partial charge in [-0.2, -0.15) is 5.10 Å². The lowest BCUT2D eigenvalue weighted by atomic mass is 10.1. The van der Waals surface area contributed by atoms with Gasteiger partial charge < -0.3 is 5.32 Å². The highest BCUT2D eigenvalue weighted by atomic mass is 32.1. The SMILES string of the molecule is Cc1ccsc1CNC(C)c1cnn(C)c1C. The zero-order chi connectivity index (χ0) is 12.4. The molecule has 0 aromatic carbocycles. The fourth-order valence-corrected chi connectivity index (χ4v) is 2.74. The summed E-state index contributed by atoms with van der Waals surface area (Å²) in [6.45, 7) is 7.39. The van der Waals surface area contributed by atoms with Crippen molar-refractivity contribution in [3.8, 4) is 0 Å². The van der Waals surface area contributed by atoms with Gasteiger partial charge in [-0.25, -0.2) is 0 Å². The van der Waals surface area contributed by atoms with Crippen LogP contribution in [0.5, 0.6) is 0 Å². The molecule has 2 aromatic heterocycles. The Balaban J connectivity index is 2.00. The number of aryl methyl sites for hydroxylation is 2. The van der Waals surface area contributed by atoms with Gasteiger partial charge in [0.1, 0.15) is 0 Å². The lowest BCUT2D eigenvalue weighted by Gasteiger charge is -2.13. The van der Waals surface area contributed by atoms with Gasteiger partial charge in [0.15, 0.2) is 0 Å². The van der Waals surface area contributed by atoms with E-state index in [1.807, 2.05) is 29.3 Å². The van der Waals surface area contributed by atoms with Crippen molar-refractivity contribution in [3.05, 3.63) is 39.3 Å². The minimum Gasteiger partial charge on any atom is -0.305 e. The summed E-state index contributed by atoms with van der Waals surface area (Å²) in [5.74, 6) is 0. The highest BCUT2D eigenvalue weighted by Gasteiger charge is 2.11. The number of aromatic nitrogens is 2. The number of nitrogens with zero attached hydrogens (tertiary/aromatic N) is 2. The maximum atomic E-state index is 4.28. The molecular weight excluding hydrogens is 230 g/mol. The van der Waals surface area contributed by atoms with E-state index in [0.717, 1.165) is 6.54 Å². The molecule has 2 rings (SSSR count). The molecule has 1 unspecified atom stereocenters. The standard InChI is InChI=1S/C13H19N3S/c1-9-5-6-17-13(9)8-14-10(2)12-7-15-16(4)11(12)3/h5-7,10,14H,8H2,1-4H3. The predicted octanol–water partition coefficient (Wildman–Crippen LogP) is 2.95. The molecule has 2 heterocycles. The zero-order valence-corrected chi connectivity index (χ0v) is 11.6. The van der Waals surface area contributed by atoms with E-state index in [1.165, 1.54) is 21.7 Å². The molecule has 0 amide bonds. The lowest BCUT2D eigenvalue weighted by Crippen LogP contribution is -2.18. The van der Waals surface area contributed by atoms with Crippen molar-refractivity contribution < 1.29 is 0 Å². The fraction of sp³-hybridized carbons (Fsp3) is 0.462. The van der Waals surface area contributed by atoms with Crippen LogP contribution in [0.4, 0.5) is 0 Å². The van der Waals surface area contributed by atoms with Gasteiger partial charge in [-0.3, -0.25) is 4.68 Å². The van der Waals surface area contributed by atoms with Crippen molar-refractivity contribution in [1.82, 2.24) is 15.1 Å². The van der Waals surface area contributed by atoms with Gasteiger partial charge in [-0.15, -0.1) is 11.3 Å². The van der Waals surface area contributed by atoms with Crippen LogP contribution in [0, 0.1) is 13.8 Å². The van der Waals surface area contributed by atoms with E-state index in [2.05, 4.69) is 42.6 Å². The summed E-state index contributed by atoms with van der Waals surface area (Å²) < 4.78 is 1.92. The molecule has 0 saturated carbocycles. The van der Waals surface area contributed by atoms with Gasteiger partial charge in [0.2, 0.25) is 0 Å². The van der Waals surface area contributed by atoms with E-state index >= 15 is 0 Å². The maximum absolute atomic E-state index is 4.28. The molecule has 17 heavy (non-hydrogen) atoms. The Morgan fingerprint density at radius 2 is 2.24 bits per heavy atom. The average molecular weight is 249 g/mol. The molecule has 1 N–H and O–H groups in total. The zero-order valence-electron chi connectivity index (χ0n) is 10.8. The maximum Gasteiger partial charge on any atom is 0.0540 e. The Bertz CT molecular complexity index is 498. The second-order valence-corrected chi connectivity index (χ2v) is 5.44. The molecule has 0 radical (unpaired) electrons. The molecule has 1 atom stereocenters. The normalized spacial score (nSPS) is 12.9. The summed E-state index contributed by atoms with van der Waals surface area (Å²) in [4.78, 5) is 1.42. The van der Waals surface area contributed by atoms with Crippen LogP contribution in [0.2, 0.25) is 0 Å². The molecule has 3 nitrogen and oxygen atoms in total. The second-order valence-electron chi connectivity index (χ2n) is 4.44. The van der Waals surface area contributed by atoms with Crippen molar-refractivity contribution in [3.63, 3.8) is 0 Å². The first-order chi connectivity index (χ1) is 8.09. The highest BCUT2D eigenvalue weighted by molar-refractivity contribution is 7.10. The summed E-state index contributed by atoms with van der Waals surface area (Å²) in [5.41, 5.74) is 3.88.